The summed E-state index contributed by atoms with van der Waals surface area (Å²) in [6.07, 6.45) is 5.11. The quantitative estimate of drug-likeness (QED) is 0.526. The third kappa shape index (κ3) is 3.77. The zero-order valence-electron chi connectivity index (χ0n) is 7.92. The van der Waals surface area contributed by atoms with Crippen LogP contribution >= 0.6 is 11.6 Å². The number of hydrogen-bond acceptors (Lipinski definition) is 3. The van der Waals surface area contributed by atoms with E-state index in [1.54, 1.807) is 0 Å². The topological polar surface area (TPSA) is 38.9 Å². The zero-order valence-corrected chi connectivity index (χ0v) is 8.68. The molecule has 0 amide bonds. The van der Waals surface area contributed by atoms with Crippen molar-refractivity contribution < 1.29 is 4.42 Å². The summed E-state index contributed by atoms with van der Waals surface area (Å²) in [4.78, 5) is 0. The number of hydrogen-bond donors (Lipinski definition) is 0. The number of rotatable bonds is 6. The van der Waals surface area contributed by atoms with Gasteiger partial charge < -0.3 is 4.42 Å². The highest BCUT2D eigenvalue weighted by Crippen LogP contribution is 2.06. The number of unbranched alkanes of at least 4 members (excludes halogenated alkanes) is 2. The fourth-order valence-corrected chi connectivity index (χ4v) is 1.26. The second-order valence-electron chi connectivity index (χ2n) is 2.99. The second kappa shape index (κ2) is 5.97. The molecule has 0 aliphatic rings. The maximum atomic E-state index is 5.54. The van der Waals surface area contributed by atoms with Crippen LogP contribution in [0.25, 0.3) is 0 Å². The highest BCUT2D eigenvalue weighted by atomic mass is 35.5. The molecule has 0 fully saturated rings. The Morgan fingerprint density at radius 1 is 1.15 bits per heavy atom. The molecule has 0 aliphatic carbocycles. The standard InChI is InChI=1S/C9H15ClN2O/c1-2-3-4-5-8-11-12-9(13-8)6-7-10/h2-7H2,1H3. The first-order chi connectivity index (χ1) is 6.36. The minimum absolute atomic E-state index is 0.538. The lowest BCUT2D eigenvalue weighted by molar-refractivity contribution is 0.446. The highest BCUT2D eigenvalue weighted by molar-refractivity contribution is 6.17. The van der Waals surface area contributed by atoms with Crippen LogP contribution in [-0.4, -0.2) is 16.1 Å². The number of halogens is 1. The monoisotopic (exact) mass is 202 g/mol. The molecule has 0 bridgehead atoms. The van der Waals surface area contributed by atoms with Crippen LogP contribution in [-0.2, 0) is 12.8 Å². The largest absolute Gasteiger partial charge is 0.425 e. The number of alkyl halides is 1. The van der Waals surface area contributed by atoms with Gasteiger partial charge in [-0.25, -0.2) is 0 Å². The van der Waals surface area contributed by atoms with Gasteiger partial charge in [0.05, 0.1) is 0 Å². The summed E-state index contributed by atoms with van der Waals surface area (Å²) in [5, 5.41) is 7.81. The van der Waals surface area contributed by atoms with Gasteiger partial charge in [-0.05, 0) is 6.42 Å². The summed E-state index contributed by atoms with van der Waals surface area (Å²) < 4.78 is 5.36. The molecule has 1 rings (SSSR count). The van der Waals surface area contributed by atoms with Gasteiger partial charge in [0.15, 0.2) is 0 Å². The van der Waals surface area contributed by atoms with E-state index < -0.39 is 0 Å². The van der Waals surface area contributed by atoms with Crippen LogP contribution in [0.5, 0.6) is 0 Å². The van der Waals surface area contributed by atoms with Gasteiger partial charge in [-0.15, -0.1) is 21.8 Å². The smallest absolute Gasteiger partial charge is 0.217 e. The molecule has 74 valence electrons. The molecule has 0 saturated carbocycles. The first kappa shape index (κ1) is 10.5. The van der Waals surface area contributed by atoms with Gasteiger partial charge in [0.1, 0.15) is 0 Å². The van der Waals surface area contributed by atoms with Gasteiger partial charge in [0.25, 0.3) is 0 Å². The lowest BCUT2D eigenvalue weighted by Gasteiger charge is -1.92. The van der Waals surface area contributed by atoms with E-state index in [1.165, 1.54) is 12.8 Å². The Balaban J connectivity index is 2.31. The van der Waals surface area contributed by atoms with Crippen molar-refractivity contribution in [1.29, 1.82) is 0 Å². The minimum Gasteiger partial charge on any atom is -0.425 e. The van der Waals surface area contributed by atoms with Crippen molar-refractivity contribution in [3.05, 3.63) is 11.8 Å². The zero-order chi connectivity index (χ0) is 9.52. The van der Waals surface area contributed by atoms with Gasteiger partial charge in [0.2, 0.25) is 11.8 Å². The van der Waals surface area contributed by atoms with Crippen molar-refractivity contribution >= 4 is 11.6 Å². The predicted molar refractivity (Wildman–Crippen MR) is 52.0 cm³/mol. The molecular weight excluding hydrogens is 188 g/mol. The minimum atomic E-state index is 0.538. The summed E-state index contributed by atoms with van der Waals surface area (Å²) >= 11 is 5.54. The van der Waals surface area contributed by atoms with E-state index in [1.807, 2.05) is 0 Å². The molecule has 1 aromatic heterocycles. The highest BCUT2D eigenvalue weighted by Gasteiger charge is 2.04. The van der Waals surface area contributed by atoms with Crippen LogP contribution in [0.4, 0.5) is 0 Å². The van der Waals surface area contributed by atoms with Gasteiger partial charge >= 0.3 is 0 Å². The molecular formula is C9H15ClN2O. The Morgan fingerprint density at radius 2 is 1.85 bits per heavy atom. The van der Waals surface area contributed by atoms with Gasteiger partial charge in [-0.1, -0.05) is 19.8 Å². The van der Waals surface area contributed by atoms with E-state index in [2.05, 4.69) is 17.1 Å². The predicted octanol–water partition coefficient (Wildman–Crippen LogP) is 2.58. The summed E-state index contributed by atoms with van der Waals surface area (Å²) in [6.45, 7) is 2.17. The van der Waals surface area contributed by atoms with Crippen LogP contribution in [0.1, 0.15) is 38.0 Å². The van der Waals surface area contributed by atoms with Crippen LogP contribution in [0.15, 0.2) is 4.42 Å². The Morgan fingerprint density at radius 3 is 2.46 bits per heavy atom. The lowest BCUT2D eigenvalue weighted by atomic mass is 10.2. The average molecular weight is 203 g/mol. The molecule has 13 heavy (non-hydrogen) atoms. The lowest BCUT2D eigenvalue weighted by Crippen LogP contribution is -1.84. The van der Waals surface area contributed by atoms with Gasteiger partial charge in [-0.2, -0.15) is 0 Å². The Labute approximate surface area is 83.5 Å². The van der Waals surface area contributed by atoms with Crippen molar-refractivity contribution in [1.82, 2.24) is 10.2 Å². The summed E-state index contributed by atoms with van der Waals surface area (Å²) in [7, 11) is 0. The van der Waals surface area contributed by atoms with Crippen LogP contribution in [0.2, 0.25) is 0 Å². The molecule has 0 saturated heterocycles. The van der Waals surface area contributed by atoms with Gasteiger partial charge in [-0.3, -0.25) is 0 Å². The number of nitrogens with zero attached hydrogens (tertiary/aromatic N) is 2. The van der Waals surface area contributed by atoms with Crippen molar-refractivity contribution in [3.63, 3.8) is 0 Å². The molecule has 1 aromatic rings. The maximum Gasteiger partial charge on any atom is 0.217 e. The fraction of sp³-hybridized carbons (Fsp3) is 0.778. The maximum absolute atomic E-state index is 5.54. The van der Waals surface area contributed by atoms with Crippen molar-refractivity contribution in [2.45, 2.75) is 39.0 Å². The summed E-state index contributed by atoms with van der Waals surface area (Å²) in [6, 6.07) is 0. The van der Waals surface area contributed by atoms with Crippen molar-refractivity contribution in [3.8, 4) is 0 Å². The van der Waals surface area contributed by atoms with Crippen molar-refractivity contribution in [2.24, 2.45) is 0 Å². The molecule has 0 aromatic carbocycles. The van der Waals surface area contributed by atoms with Gasteiger partial charge in [0, 0.05) is 18.7 Å². The van der Waals surface area contributed by atoms with Crippen LogP contribution in [0.3, 0.4) is 0 Å². The third-order valence-electron chi connectivity index (χ3n) is 1.81. The van der Waals surface area contributed by atoms with E-state index in [0.29, 0.717) is 18.2 Å². The summed E-state index contributed by atoms with van der Waals surface area (Å²) in [5.41, 5.74) is 0. The Kier molecular flexibility index (Phi) is 4.83. The molecule has 0 aliphatic heterocycles. The normalized spacial score (nSPS) is 10.6. The third-order valence-corrected chi connectivity index (χ3v) is 2.00. The molecule has 3 nitrogen and oxygen atoms in total. The van der Waals surface area contributed by atoms with E-state index in [9.17, 15) is 0 Å². The number of aromatic nitrogens is 2. The van der Waals surface area contributed by atoms with E-state index >= 15 is 0 Å². The van der Waals surface area contributed by atoms with Crippen LogP contribution < -0.4 is 0 Å². The first-order valence-electron chi connectivity index (χ1n) is 4.74. The van der Waals surface area contributed by atoms with Crippen LogP contribution in [0, 0.1) is 0 Å². The Bertz CT molecular complexity index is 237. The Hall–Kier alpha value is -0.570. The molecule has 0 radical (unpaired) electrons. The SMILES string of the molecule is CCCCCc1nnc(CCCl)o1. The summed E-state index contributed by atoms with van der Waals surface area (Å²) in [5.74, 6) is 1.94. The molecule has 1 heterocycles. The fourth-order valence-electron chi connectivity index (χ4n) is 1.10. The molecule has 0 spiro atoms. The van der Waals surface area contributed by atoms with E-state index in [0.717, 1.165) is 18.7 Å². The second-order valence-corrected chi connectivity index (χ2v) is 3.36. The number of aryl methyl sites for hydroxylation is 2. The van der Waals surface area contributed by atoms with E-state index in [-0.39, 0.29) is 0 Å². The average Bonchev–Trinajstić information content (AvgIpc) is 2.54. The first-order valence-corrected chi connectivity index (χ1v) is 5.27. The van der Waals surface area contributed by atoms with E-state index in [4.69, 9.17) is 16.0 Å². The molecule has 4 heteroatoms. The molecule has 0 atom stereocenters. The molecule has 0 unspecified atom stereocenters. The molecule has 0 N–H and O–H groups in total. The van der Waals surface area contributed by atoms with Crippen molar-refractivity contribution in [2.75, 3.05) is 5.88 Å².